The maximum atomic E-state index is 5.87. The minimum atomic E-state index is 0.210. The zero-order chi connectivity index (χ0) is 14.7. The number of anilines is 1. The van der Waals surface area contributed by atoms with Gasteiger partial charge in [-0.1, -0.05) is 13.8 Å². The standard InChI is InChI=1S/C15H19N3O2/c1-9(2)15-17-12(8-14(16)18-15)11-6-5-10(19-3)7-13(11)20-4/h5-9H,1-4H3,(H2,16,17,18). The number of benzene rings is 1. The van der Waals surface area contributed by atoms with Crippen molar-refractivity contribution >= 4 is 5.82 Å². The number of nitrogens with zero attached hydrogens (tertiary/aromatic N) is 2. The van der Waals surface area contributed by atoms with Gasteiger partial charge in [0, 0.05) is 23.6 Å². The first kappa shape index (κ1) is 14.1. The van der Waals surface area contributed by atoms with Crippen LogP contribution in [0.15, 0.2) is 24.3 Å². The Labute approximate surface area is 118 Å². The topological polar surface area (TPSA) is 70.3 Å². The fraction of sp³-hybridized carbons (Fsp3) is 0.333. The molecule has 0 amide bonds. The number of aromatic nitrogens is 2. The fourth-order valence-corrected chi connectivity index (χ4v) is 1.89. The van der Waals surface area contributed by atoms with Gasteiger partial charge in [0.1, 0.15) is 23.1 Å². The normalized spacial score (nSPS) is 10.7. The minimum Gasteiger partial charge on any atom is -0.497 e. The number of methoxy groups -OCH3 is 2. The molecule has 0 bridgehead atoms. The number of nitrogen functional groups attached to an aromatic ring is 1. The van der Waals surface area contributed by atoms with Gasteiger partial charge in [0.05, 0.1) is 19.9 Å². The Balaban J connectivity index is 2.56. The number of hydrogen-bond donors (Lipinski definition) is 1. The molecular weight excluding hydrogens is 254 g/mol. The van der Waals surface area contributed by atoms with E-state index in [1.54, 1.807) is 20.3 Å². The van der Waals surface area contributed by atoms with Crippen molar-refractivity contribution in [3.05, 3.63) is 30.1 Å². The van der Waals surface area contributed by atoms with Crippen LogP contribution in [0.1, 0.15) is 25.6 Å². The van der Waals surface area contributed by atoms with Gasteiger partial charge in [0.25, 0.3) is 0 Å². The van der Waals surface area contributed by atoms with Gasteiger partial charge in [-0.3, -0.25) is 0 Å². The third kappa shape index (κ3) is 2.82. The fourth-order valence-electron chi connectivity index (χ4n) is 1.89. The van der Waals surface area contributed by atoms with Crippen LogP contribution in [0.3, 0.4) is 0 Å². The average Bonchev–Trinajstić information content (AvgIpc) is 2.45. The smallest absolute Gasteiger partial charge is 0.133 e. The summed E-state index contributed by atoms with van der Waals surface area (Å²) in [6, 6.07) is 7.34. The molecular formula is C15H19N3O2. The van der Waals surface area contributed by atoms with Crippen molar-refractivity contribution in [2.24, 2.45) is 0 Å². The molecule has 0 aliphatic heterocycles. The monoisotopic (exact) mass is 273 g/mol. The number of rotatable bonds is 4. The third-order valence-corrected chi connectivity index (χ3v) is 2.96. The predicted molar refractivity (Wildman–Crippen MR) is 79.1 cm³/mol. The molecule has 0 aliphatic rings. The lowest BCUT2D eigenvalue weighted by Gasteiger charge is -2.12. The molecule has 1 aromatic heterocycles. The second-order valence-electron chi connectivity index (χ2n) is 4.76. The van der Waals surface area contributed by atoms with Crippen LogP contribution in [0, 0.1) is 0 Å². The molecule has 20 heavy (non-hydrogen) atoms. The van der Waals surface area contributed by atoms with Gasteiger partial charge in [-0.25, -0.2) is 9.97 Å². The van der Waals surface area contributed by atoms with Crippen LogP contribution < -0.4 is 15.2 Å². The molecule has 2 aromatic rings. The molecule has 2 rings (SSSR count). The summed E-state index contributed by atoms with van der Waals surface area (Å²) in [5.41, 5.74) is 7.48. The lowest BCUT2D eigenvalue weighted by Crippen LogP contribution is -2.03. The Bertz CT molecular complexity index is 612. The van der Waals surface area contributed by atoms with Crippen LogP contribution in [0.5, 0.6) is 11.5 Å². The quantitative estimate of drug-likeness (QED) is 0.927. The molecule has 5 heteroatoms. The number of hydrogen-bond acceptors (Lipinski definition) is 5. The molecule has 0 unspecified atom stereocenters. The Morgan fingerprint density at radius 2 is 1.80 bits per heavy atom. The Morgan fingerprint density at radius 3 is 2.40 bits per heavy atom. The van der Waals surface area contributed by atoms with E-state index in [2.05, 4.69) is 9.97 Å². The summed E-state index contributed by atoms with van der Waals surface area (Å²) in [6.07, 6.45) is 0. The van der Waals surface area contributed by atoms with Crippen LogP contribution in [-0.4, -0.2) is 24.2 Å². The van der Waals surface area contributed by atoms with E-state index in [0.717, 1.165) is 22.8 Å². The molecule has 2 N–H and O–H groups in total. The summed E-state index contributed by atoms with van der Waals surface area (Å²) < 4.78 is 10.6. The molecule has 0 fully saturated rings. The van der Waals surface area contributed by atoms with Crippen LogP contribution in [0.4, 0.5) is 5.82 Å². The van der Waals surface area contributed by atoms with Crippen LogP contribution in [0.25, 0.3) is 11.3 Å². The van der Waals surface area contributed by atoms with E-state index in [1.165, 1.54) is 0 Å². The van der Waals surface area contributed by atoms with Gasteiger partial charge in [0.2, 0.25) is 0 Å². The van der Waals surface area contributed by atoms with E-state index in [1.807, 2.05) is 32.0 Å². The van der Waals surface area contributed by atoms with Gasteiger partial charge in [0.15, 0.2) is 0 Å². The Kier molecular flexibility index (Phi) is 4.08. The Morgan fingerprint density at radius 1 is 1.05 bits per heavy atom. The van der Waals surface area contributed by atoms with Crippen molar-refractivity contribution in [1.82, 2.24) is 9.97 Å². The largest absolute Gasteiger partial charge is 0.497 e. The van der Waals surface area contributed by atoms with E-state index in [0.29, 0.717) is 11.6 Å². The lowest BCUT2D eigenvalue weighted by molar-refractivity contribution is 0.395. The SMILES string of the molecule is COc1ccc(-c2cc(N)nc(C(C)C)n2)c(OC)c1. The maximum absolute atomic E-state index is 5.87. The molecule has 0 saturated carbocycles. The third-order valence-electron chi connectivity index (χ3n) is 2.96. The summed E-state index contributed by atoms with van der Waals surface area (Å²) in [7, 11) is 3.24. The molecule has 0 radical (unpaired) electrons. The molecule has 0 spiro atoms. The second kappa shape index (κ2) is 5.77. The van der Waals surface area contributed by atoms with Crippen LogP contribution >= 0.6 is 0 Å². The van der Waals surface area contributed by atoms with Gasteiger partial charge in [-0.15, -0.1) is 0 Å². The first-order valence-electron chi connectivity index (χ1n) is 6.42. The molecule has 1 heterocycles. The van der Waals surface area contributed by atoms with E-state index >= 15 is 0 Å². The molecule has 0 aliphatic carbocycles. The van der Waals surface area contributed by atoms with Crippen molar-refractivity contribution < 1.29 is 9.47 Å². The van der Waals surface area contributed by atoms with Crippen LogP contribution in [0.2, 0.25) is 0 Å². The molecule has 106 valence electrons. The van der Waals surface area contributed by atoms with Crippen molar-refractivity contribution in [3.63, 3.8) is 0 Å². The first-order chi connectivity index (χ1) is 9.55. The molecule has 0 saturated heterocycles. The average molecular weight is 273 g/mol. The summed E-state index contributed by atoms with van der Waals surface area (Å²) in [5.74, 6) is 2.81. The van der Waals surface area contributed by atoms with E-state index in [-0.39, 0.29) is 5.92 Å². The van der Waals surface area contributed by atoms with E-state index in [9.17, 15) is 0 Å². The second-order valence-corrected chi connectivity index (χ2v) is 4.76. The van der Waals surface area contributed by atoms with E-state index < -0.39 is 0 Å². The van der Waals surface area contributed by atoms with Crippen molar-refractivity contribution in [2.45, 2.75) is 19.8 Å². The summed E-state index contributed by atoms with van der Waals surface area (Å²) >= 11 is 0. The van der Waals surface area contributed by atoms with Gasteiger partial charge >= 0.3 is 0 Å². The first-order valence-corrected chi connectivity index (χ1v) is 6.42. The molecule has 1 aromatic carbocycles. The highest BCUT2D eigenvalue weighted by Crippen LogP contribution is 2.33. The molecule has 0 atom stereocenters. The van der Waals surface area contributed by atoms with Gasteiger partial charge < -0.3 is 15.2 Å². The van der Waals surface area contributed by atoms with E-state index in [4.69, 9.17) is 15.2 Å². The number of nitrogens with two attached hydrogens (primary N) is 1. The number of ether oxygens (including phenoxy) is 2. The van der Waals surface area contributed by atoms with Crippen molar-refractivity contribution in [1.29, 1.82) is 0 Å². The van der Waals surface area contributed by atoms with Gasteiger partial charge in [-0.05, 0) is 12.1 Å². The zero-order valence-corrected chi connectivity index (χ0v) is 12.2. The highest BCUT2D eigenvalue weighted by molar-refractivity contribution is 5.70. The summed E-state index contributed by atoms with van der Waals surface area (Å²) in [4.78, 5) is 8.80. The minimum absolute atomic E-state index is 0.210. The summed E-state index contributed by atoms with van der Waals surface area (Å²) in [5, 5.41) is 0. The highest BCUT2D eigenvalue weighted by atomic mass is 16.5. The highest BCUT2D eigenvalue weighted by Gasteiger charge is 2.12. The Hall–Kier alpha value is -2.30. The summed E-state index contributed by atoms with van der Waals surface area (Å²) in [6.45, 7) is 4.06. The zero-order valence-electron chi connectivity index (χ0n) is 12.2. The maximum Gasteiger partial charge on any atom is 0.133 e. The van der Waals surface area contributed by atoms with Gasteiger partial charge in [-0.2, -0.15) is 0 Å². The lowest BCUT2D eigenvalue weighted by atomic mass is 10.1. The van der Waals surface area contributed by atoms with Crippen molar-refractivity contribution in [3.8, 4) is 22.8 Å². The predicted octanol–water partition coefficient (Wildman–Crippen LogP) is 2.87. The van der Waals surface area contributed by atoms with Crippen molar-refractivity contribution in [2.75, 3.05) is 20.0 Å². The molecule has 5 nitrogen and oxygen atoms in total. The van der Waals surface area contributed by atoms with Crippen LogP contribution in [-0.2, 0) is 0 Å².